The third kappa shape index (κ3) is 4.16. The lowest BCUT2D eigenvalue weighted by Gasteiger charge is -2.15. The van der Waals surface area contributed by atoms with Crippen LogP contribution in [0.15, 0.2) is 46.9 Å². The number of para-hydroxylation sites is 1. The zero-order valence-electron chi connectivity index (χ0n) is 13.5. The van der Waals surface area contributed by atoms with Crippen LogP contribution in [0.5, 0.6) is 5.75 Å². The fourth-order valence-corrected chi connectivity index (χ4v) is 3.24. The highest BCUT2D eigenvalue weighted by atomic mass is 79.9. The summed E-state index contributed by atoms with van der Waals surface area (Å²) < 4.78 is 12.3. The molecule has 24 heavy (non-hydrogen) atoms. The standard InChI is InChI=1S/C19H20BrNO3/c1-13-8-9-17(16(20)11-13)21-19(22)15-6-2-3-7-18(15)24-12-14-5-4-10-23-14/h2-3,6-9,11,14H,4-5,10,12H2,1H3,(H,21,22). The summed E-state index contributed by atoms with van der Waals surface area (Å²) in [6, 6.07) is 13.1. The van der Waals surface area contributed by atoms with Gasteiger partial charge in [-0.3, -0.25) is 4.79 Å². The molecule has 2 aromatic rings. The SMILES string of the molecule is Cc1ccc(NC(=O)c2ccccc2OCC2CCCO2)c(Br)c1. The van der Waals surface area contributed by atoms with E-state index in [4.69, 9.17) is 9.47 Å². The van der Waals surface area contributed by atoms with E-state index < -0.39 is 0 Å². The molecule has 1 aliphatic heterocycles. The monoisotopic (exact) mass is 389 g/mol. The van der Waals surface area contributed by atoms with E-state index in [1.807, 2.05) is 43.3 Å². The van der Waals surface area contributed by atoms with Gasteiger partial charge in [-0.05, 0) is 65.5 Å². The molecule has 0 saturated carbocycles. The number of carbonyl (C=O) groups is 1. The van der Waals surface area contributed by atoms with Crippen LogP contribution >= 0.6 is 15.9 Å². The molecule has 0 aromatic heterocycles. The van der Waals surface area contributed by atoms with E-state index in [-0.39, 0.29) is 12.0 Å². The van der Waals surface area contributed by atoms with Gasteiger partial charge in [0.1, 0.15) is 12.4 Å². The average molecular weight is 390 g/mol. The van der Waals surface area contributed by atoms with Crippen molar-refractivity contribution in [1.29, 1.82) is 0 Å². The number of nitrogens with one attached hydrogen (secondary N) is 1. The van der Waals surface area contributed by atoms with E-state index >= 15 is 0 Å². The minimum Gasteiger partial charge on any atom is -0.490 e. The van der Waals surface area contributed by atoms with Crippen LogP contribution in [0.1, 0.15) is 28.8 Å². The van der Waals surface area contributed by atoms with Gasteiger partial charge in [-0.25, -0.2) is 0 Å². The predicted octanol–water partition coefficient (Wildman–Crippen LogP) is 4.57. The van der Waals surface area contributed by atoms with Gasteiger partial charge in [-0.2, -0.15) is 0 Å². The van der Waals surface area contributed by atoms with Crippen molar-refractivity contribution in [2.45, 2.75) is 25.9 Å². The van der Waals surface area contributed by atoms with Crippen molar-refractivity contribution in [2.24, 2.45) is 0 Å². The number of carbonyl (C=O) groups excluding carboxylic acids is 1. The highest BCUT2D eigenvalue weighted by Crippen LogP contribution is 2.26. The molecule has 5 heteroatoms. The fraction of sp³-hybridized carbons (Fsp3) is 0.316. The van der Waals surface area contributed by atoms with Crippen LogP contribution in [0.4, 0.5) is 5.69 Å². The molecule has 1 atom stereocenters. The average Bonchev–Trinajstić information content (AvgIpc) is 3.09. The lowest BCUT2D eigenvalue weighted by atomic mass is 10.1. The molecular weight excluding hydrogens is 370 g/mol. The Morgan fingerprint density at radius 2 is 2.17 bits per heavy atom. The summed E-state index contributed by atoms with van der Waals surface area (Å²) in [5.74, 6) is 0.385. The van der Waals surface area contributed by atoms with Crippen molar-refractivity contribution in [1.82, 2.24) is 0 Å². The van der Waals surface area contributed by atoms with E-state index in [1.54, 1.807) is 6.07 Å². The van der Waals surface area contributed by atoms with E-state index in [2.05, 4.69) is 21.2 Å². The molecule has 0 bridgehead atoms. The van der Waals surface area contributed by atoms with Crippen LogP contribution in [-0.4, -0.2) is 25.2 Å². The van der Waals surface area contributed by atoms with Gasteiger partial charge in [0.25, 0.3) is 5.91 Å². The lowest BCUT2D eigenvalue weighted by Crippen LogP contribution is -2.19. The molecule has 1 saturated heterocycles. The maximum Gasteiger partial charge on any atom is 0.259 e. The molecule has 2 aromatic carbocycles. The van der Waals surface area contributed by atoms with E-state index in [0.29, 0.717) is 17.9 Å². The first kappa shape index (κ1) is 17.0. The topological polar surface area (TPSA) is 47.6 Å². The van der Waals surface area contributed by atoms with Crippen molar-refractivity contribution >= 4 is 27.5 Å². The number of halogens is 1. The summed E-state index contributed by atoms with van der Waals surface area (Å²) in [5.41, 5.74) is 2.38. The third-order valence-electron chi connectivity index (χ3n) is 3.95. The van der Waals surface area contributed by atoms with Gasteiger partial charge >= 0.3 is 0 Å². The Balaban J connectivity index is 1.72. The van der Waals surface area contributed by atoms with Crippen molar-refractivity contribution in [3.05, 3.63) is 58.1 Å². The zero-order chi connectivity index (χ0) is 16.9. The van der Waals surface area contributed by atoms with Gasteiger partial charge in [-0.1, -0.05) is 18.2 Å². The highest BCUT2D eigenvalue weighted by Gasteiger charge is 2.18. The smallest absolute Gasteiger partial charge is 0.259 e. The van der Waals surface area contributed by atoms with Crippen LogP contribution in [0, 0.1) is 6.92 Å². The van der Waals surface area contributed by atoms with Crippen LogP contribution in [0.2, 0.25) is 0 Å². The van der Waals surface area contributed by atoms with Crippen molar-refractivity contribution in [2.75, 3.05) is 18.5 Å². The molecule has 126 valence electrons. The second-order valence-electron chi connectivity index (χ2n) is 5.88. The molecule has 1 N–H and O–H groups in total. The van der Waals surface area contributed by atoms with Gasteiger partial charge in [-0.15, -0.1) is 0 Å². The number of anilines is 1. The molecule has 4 nitrogen and oxygen atoms in total. The summed E-state index contributed by atoms with van der Waals surface area (Å²) in [6.07, 6.45) is 2.19. The summed E-state index contributed by atoms with van der Waals surface area (Å²) in [7, 11) is 0. The highest BCUT2D eigenvalue weighted by molar-refractivity contribution is 9.10. The maximum atomic E-state index is 12.6. The van der Waals surface area contributed by atoms with Crippen LogP contribution in [0.3, 0.4) is 0 Å². The number of hydrogen-bond donors (Lipinski definition) is 1. The molecule has 1 amide bonds. The van der Waals surface area contributed by atoms with E-state index in [0.717, 1.165) is 35.2 Å². The van der Waals surface area contributed by atoms with Crippen LogP contribution < -0.4 is 10.1 Å². The van der Waals surface area contributed by atoms with E-state index in [9.17, 15) is 4.79 Å². The number of amides is 1. The minimum atomic E-state index is -0.192. The van der Waals surface area contributed by atoms with Crippen LogP contribution in [0.25, 0.3) is 0 Å². The first-order chi connectivity index (χ1) is 11.6. The molecule has 1 unspecified atom stereocenters. The number of rotatable bonds is 5. The largest absolute Gasteiger partial charge is 0.490 e. The number of hydrogen-bond acceptors (Lipinski definition) is 3. The van der Waals surface area contributed by atoms with Crippen molar-refractivity contribution in [3.8, 4) is 5.75 Å². The first-order valence-electron chi connectivity index (χ1n) is 8.04. The number of benzene rings is 2. The Morgan fingerprint density at radius 3 is 2.92 bits per heavy atom. The molecule has 0 spiro atoms. The van der Waals surface area contributed by atoms with Gasteiger partial charge in [0, 0.05) is 11.1 Å². The molecule has 1 aliphatic rings. The molecule has 0 radical (unpaired) electrons. The lowest BCUT2D eigenvalue weighted by molar-refractivity contribution is 0.0673. The van der Waals surface area contributed by atoms with Crippen molar-refractivity contribution in [3.63, 3.8) is 0 Å². The second kappa shape index (κ2) is 7.81. The minimum absolute atomic E-state index is 0.118. The third-order valence-corrected chi connectivity index (χ3v) is 4.61. The summed E-state index contributed by atoms with van der Waals surface area (Å²) in [6.45, 7) is 3.26. The Morgan fingerprint density at radius 1 is 1.33 bits per heavy atom. The normalized spacial score (nSPS) is 16.8. The molecule has 1 fully saturated rings. The zero-order valence-corrected chi connectivity index (χ0v) is 15.1. The van der Waals surface area contributed by atoms with Crippen molar-refractivity contribution < 1.29 is 14.3 Å². The fourth-order valence-electron chi connectivity index (χ4n) is 2.65. The van der Waals surface area contributed by atoms with Gasteiger partial charge in [0.2, 0.25) is 0 Å². The van der Waals surface area contributed by atoms with Gasteiger partial charge < -0.3 is 14.8 Å². The van der Waals surface area contributed by atoms with Gasteiger partial charge in [0.05, 0.1) is 17.4 Å². The summed E-state index contributed by atoms with van der Waals surface area (Å²) in [4.78, 5) is 12.6. The molecular formula is C19H20BrNO3. The Bertz CT molecular complexity index is 726. The Labute approximate surface area is 150 Å². The van der Waals surface area contributed by atoms with Gasteiger partial charge in [0.15, 0.2) is 0 Å². The molecule has 3 rings (SSSR count). The molecule has 0 aliphatic carbocycles. The Hall–Kier alpha value is -1.85. The summed E-state index contributed by atoms with van der Waals surface area (Å²) >= 11 is 3.48. The van der Waals surface area contributed by atoms with E-state index in [1.165, 1.54) is 0 Å². The molecule has 1 heterocycles. The summed E-state index contributed by atoms with van der Waals surface area (Å²) in [5, 5.41) is 2.93. The van der Waals surface area contributed by atoms with Crippen LogP contribution in [-0.2, 0) is 4.74 Å². The number of aryl methyl sites for hydroxylation is 1. The quantitative estimate of drug-likeness (QED) is 0.814. The predicted molar refractivity (Wildman–Crippen MR) is 97.7 cm³/mol. The Kier molecular flexibility index (Phi) is 5.53. The number of ether oxygens (including phenoxy) is 2. The first-order valence-corrected chi connectivity index (χ1v) is 8.84. The maximum absolute atomic E-state index is 12.6. The second-order valence-corrected chi connectivity index (χ2v) is 6.73.